The van der Waals surface area contributed by atoms with Crippen molar-refractivity contribution < 1.29 is 34.7 Å². The summed E-state index contributed by atoms with van der Waals surface area (Å²) >= 11 is 0. The number of phenols is 1. The van der Waals surface area contributed by atoms with Crippen molar-refractivity contribution in [2.24, 2.45) is 0 Å². The second-order valence-electron chi connectivity index (χ2n) is 14.2. The summed E-state index contributed by atoms with van der Waals surface area (Å²) in [7, 11) is 0. The normalized spacial score (nSPS) is 12.8. The van der Waals surface area contributed by atoms with Crippen LogP contribution in [-0.2, 0) is 26.5 Å². The van der Waals surface area contributed by atoms with Crippen molar-refractivity contribution in [1.82, 2.24) is 14.5 Å². The molecule has 0 bridgehead atoms. The fraction of sp³-hybridized carbons (Fsp3) is 0.106. The number of fused-ring (bicyclic) bond motifs is 4. The molecular formula is C47H36N3O2Pt-. The Labute approximate surface area is 327 Å². The van der Waals surface area contributed by atoms with Crippen molar-refractivity contribution in [2.75, 3.05) is 0 Å². The van der Waals surface area contributed by atoms with E-state index >= 15 is 0 Å². The van der Waals surface area contributed by atoms with Crippen LogP contribution in [0.3, 0.4) is 0 Å². The molecule has 3 aromatic heterocycles. The Morgan fingerprint density at radius 1 is 0.755 bits per heavy atom. The van der Waals surface area contributed by atoms with Gasteiger partial charge >= 0.3 is 0 Å². The fourth-order valence-electron chi connectivity index (χ4n) is 7.02. The van der Waals surface area contributed by atoms with Crippen LogP contribution in [0.1, 0.15) is 36.0 Å². The van der Waals surface area contributed by atoms with Gasteiger partial charge < -0.3 is 9.52 Å². The van der Waals surface area contributed by atoms with E-state index in [1.165, 1.54) is 0 Å². The van der Waals surface area contributed by atoms with E-state index in [-0.39, 0.29) is 32.2 Å². The number of rotatable bonds is 5. The number of para-hydroxylation sites is 3. The Bertz CT molecular complexity index is 2910. The summed E-state index contributed by atoms with van der Waals surface area (Å²) in [5.74, 6) is 0.630. The Morgan fingerprint density at radius 2 is 1.53 bits per heavy atom. The average Bonchev–Trinajstić information content (AvgIpc) is 3.76. The predicted octanol–water partition coefficient (Wildman–Crippen LogP) is 12.1. The zero-order valence-corrected chi connectivity index (χ0v) is 31.6. The van der Waals surface area contributed by atoms with Gasteiger partial charge in [0.25, 0.3) is 0 Å². The molecule has 0 saturated carbocycles. The molecule has 262 valence electrons. The topological polar surface area (TPSA) is 64.1 Å². The molecule has 0 unspecified atom stereocenters. The maximum absolute atomic E-state index is 11.6. The molecule has 0 spiro atoms. The number of hydrogen-bond donors (Lipinski definition) is 1. The third-order valence-electron chi connectivity index (χ3n) is 9.73. The van der Waals surface area contributed by atoms with Crippen LogP contribution in [-0.4, -0.2) is 19.6 Å². The standard InChI is InChI=1S/C47H36N3O2.Pt/c1-29-17-19-30(20-18-29)31-23-24-48-39(28-31)33-25-32(26-34(27-33)47(2,3)4)36-14-10-15-40-44(36)49-46(50(40)35-11-6-5-7-12-35)43-41(51)22-21-38-37-13-8-9-16-42(37)52-45(38)43;/h5-24,26-28,51H,1-4H3;/q-1;/i1D3;. The van der Waals surface area contributed by atoms with Gasteiger partial charge in [-0.3, -0.25) is 9.55 Å². The Morgan fingerprint density at radius 3 is 2.32 bits per heavy atom. The van der Waals surface area contributed by atoms with Crippen molar-refractivity contribution in [3.05, 3.63) is 157 Å². The van der Waals surface area contributed by atoms with Crippen LogP contribution in [0.15, 0.2) is 144 Å². The maximum atomic E-state index is 11.6. The molecule has 0 aliphatic heterocycles. The molecule has 0 fully saturated rings. The molecule has 9 rings (SSSR count). The molecule has 0 amide bonds. The SMILES string of the molecule is [2H]C([2H])([2H])c1ccc(-c2ccnc(-c3[c-]c(-c4cccc5c4nc(-c4c(O)ccc6c4oc4ccccc46)n5-c4ccccc4)cc(C(C)(C)C)c3)c2)cc1.[Pt]. The largest absolute Gasteiger partial charge is 0.507 e. The number of furan rings is 1. The number of aryl methyl sites for hydroxylation is 1. The number of aromatic nitrogens is 3. The summed E-state index contributed by atoms with van der Waals surface area (Å²) in [6.07, 6.45) is 1.78. The van der Waals surface area contributed by atoms with E-state index in [0.717, 1.165) is 72.2 Å². The number of phenolic OH excluding ortho intramolecular Hbond substituents is 1. The van der Waals surface area contributed by atoms with Crippen molar-refractivity contribution in [2.45, 2.75) is 33.0 Å². The van der Waals surface area contributed by atoms with Gasteiger partial charge in [-0.05, 0) is 65.9 Å². The molecule has 0 aliphatic rings. The first-order valence-corrected chi connectivity index (χ1v) is 17.3. The molecule has 5 nitrogen and oxygen atoms in total. The van der Waals surface area contributed by atoms with E-state index in [0.29, 0.717) is 22.5 Å². The van der Waals surface area contributed by atoms with Gasteiger partial charge in [-0.2, -0.15) is 0 Å². The van der Waals surface area contributed by atoms with Crippen LogP contribution in [0, 0.1) is 12.9 Å². The van der Waals surface area contributed by atoms with Crippen LogP contribution in [0.2, 0.25) is 0 Å². The molecule has 0 atom stereocenters. The monoisotopic (exact) mass is 872 g/mol. The second-order valence-corrected chi connectivity index (χ2v) is 14.2. The van der Waals surface area contributed by atoms with Gasteiger partial charge in [-0.15, -0.1) is 29.3 Å². The quantitative estimate of drug-likeness (QED) is 0.175. The molecule has 0 aliphatic carbocycles. The summed E-state index contributed by atoms with van der Waals surface area (Å²) in [4.78, 5) is 10.1. The summed E-state index contributed by atoms with van der Waals surface area (Å²) in [5, 5.41) is 13.4. The molecule has 6 aromatic carbocycles. The van der Waals surface area contributed by atoms with Gasteiger partial charge in [0.15, 0.2) is 5.82 Å². The van der Waals surface area contributed by atoms with E-state index in [9.17, 15) is 5.11 Å². The van der Waals surface area contributed by atoms with Gasteiger partial charge in [0.2, 0.25) is 0 Å². The van der Waals surface area contributed by atoms with Crippen molar-refractivity contribution in [3.8, 4) is 56.3 Å². The van der Waals surface area contributed by atoms with E-state index in [2.05, 4.69) is 55.7 Å². The van der Waals surface area contributed by atoms with Crippen LogP contribution in [0.5, 0.6) is 5.75 Å². The van der Waals surface area contributed by atoms with Gasteiger partial charge in [0.1, 0.15) is 22.5 Å². The number of imidazole rings is 1. The summed E-state index contributed by atoms with van der Waals surface area (Å²) in [5.41, 5.74) is 10.7. The van der Waals surface area contributed by atoms with Crippen LogP contribution in [0.25, 0.3) is 83.6 Å². The number of aromatic hydroxyl groups is 1. The third-order valence-corrected chi connectivity index (χ3v) is 9.73. The summed E-state index contributed by atoms with van der Waals surface area (Å²) in [6, 6.07) is 46.6. The molecule has 3 heterocycles. The van der Waals surface area contributed by atoms with Crippen molar-refractivity contribution in [3.63, 3.8) is 0 Å². The van der Waals surface area contributed by atoms with Gasteiger partial charge in [-0.25, -0.2) is 4.98 Å². The number of pyridine rings is 1. The van der Waals surface area contributed by atoms with Gasteiger partial charge in [-0.1, -0.05) is 116 Å². The first kappa shape index (κ1) is 30.8. The predicted molar refractivity (Wildman–Crippen MR) is 212 cm³/mol. The summed E-state index contributed by atoms with van der Waals surface area (Å²) < 4.78 is 31.8. The number of benzene rings is 6. The van der Waals surface area contributed by atoms with E-state index in [1.54, 1.807) is 24.4 Å². The van der Waals surface area contributed by atoms with Crippen molar-refractivity contribution in [1.29, 1.82) is 0 Å². The van der Waals surface area contributed by atoms with E-state index < -0.39 is 6.85 Å². The smallest absolute Gasteiger partial charge is 0.152 e. The molecule has 1 N–H and O–H groups in total. The van der Waals surface area contributed by atoms with Crippen molar-refractivity contribution >= 4 is 33.0 Å². The first-order chi connectivity index (χ1) is 26.4. The molecule has 53 heavy (non-hydrogen) atoms. The second kappa shape index (κ2) is 13.3. The van der Waals surface area contributed by atoms with E-state index in [1.807, 2.05) is 91.0 Å². The average molecular weight is 873 g/mol. The van der Waals surface area contributed by atoms with Crippen LogP contribution < -0.4 is 0 Å². The van der Waals surface area contributed by atoms with E-state index in [4.69, 9.17) is 18.5 Å². The molecule has 0 radical (unpaired) electrons. The molecule has 0 saturated heterocycles. The number of hydrogen-bond acceptors (Lipinski definition) is 4. The van der Waals surface area contributed by atoms with Crippen LogP contribution in [0.4, 0.5) is 0 Å². The van der Waals surface area contributed by atoms with Gasteiger partial charge in [0, 0.05) is 53.5 Å². The Balaban J connectivity index is 0.00000441. The molecular weight excluding hydrogens is 834 g/mol. The minimum absolute atomic E-state index is 0. The molecule has 9 aromatic rings. The number of nitrogens with zero attached hydrogens (tertiary/aromatic N) is 3. The zero-order valence-electron chi connectivity index (χ0n) is 32.3. The fourth-order valence-corrected chi connectivity index (χ4v) is 7.02. The van der Waals surface area contributed by atoms with Crippen LogP contribution >= 0.6 is 0 Å². The third kappa shape index (κ3) is 6.05. The first-order valence-electron chi connectivity index (χ1n) is 18.8. The molecule has 6 heteroatoms. The maximum Gasteiger partial charge on any atom is 0.152 e. The minimum Gasteiger partial charge on any atom is -0.507 e. The Kier molecular flexibility index (Phi) is 7.75. The minimum atomic E-state index is -2.16. The summed E-state index contributed by atoms with van der Waals surface area (Å²) in [6.45, 7) is 4.39. The Hall–Kier alpha value is -5.77. The zero-order chi connectivity index (χ0) is 38.1. The van der Waals surface area contributed by atoms with Gasteiger partial charge in [0.05, 0.1) is 11.0 Å².